The van der Waals surface area contributed by atoms with E-state index in [1.165, 1.54) is 33.7 Å². The van der Waals surface area contributed by atoms with Gasteiger partial charge in [0.2, 0.25) is 0 Å². The van der Waals surface area contributed by atoms with E-state index in [1.54, 1.807) is 0 Å². The third-order valence-electron chi connectivity index (χ3n) is 17.4. The van der Waals surface area contributed by atoms with Crippen LogP contribution in [0.15, 0.2) is 0 Å². The van der Waals surface area contributed by atoms with Crippen molar-refractivity contribution in [2.45, 2.75) is 73.5 Å². The van der Waals surface area contributed by atoms with Crippen molar-refractivity contribution in [1.29, 1.82) is 0 Å². The summed E-state index contributed by atoms with van der Waals surface area (Å²) in [6.45, 7) is 4.96. The molecule has 16 heavy (non-hydrogen) atoms. The average Bonchev–Trinajstić information content (AvgIpc) is 3.15. The quantitative estimate of drug-likeness (QED) is 0.709. The summed E-state index contributed by atoms with van der Waals surface area (Å²) >= 11 is 0. The van der Waals surface area contributed by atoms with E-state index in [4.69, 9.17) is 5.73 Å². The number of fused-ring (bicyclic) bond motifs is 10. The molecule has 0 aromatic carbocycles. The number of rotatable bonds is 1. The predicted molar refractivity (Wildman–Crippen MR) is 59.3 cm³/mol. The summed E-state index contributed by atoms with van der Waals surface area (Å²) in [5.41, 5.74) is 6.65. The fourth-order valence-electron chi connectivity index (χ4n) is 20.7. The van der Waals surface area contributed by atoms with E-state index in [0.29, 0.717) is 6.04 Å². The van der Waals surface area contributed by atoms with Crippen LogP contribution in [0.4, 0.5) is 0 Å². The summed E-state index contributed by atoms with van der Waals surface area (Å²) in [7, 11) is 0. The van der Waals surface area contributed by atoms with Crippen LogP contribution in [0.5, 0.6) is 0 Å². The topological polar surface area (TPSA) is 26.0 Å². The van der Waals surface area contributed by atoms with E-state index in [9.17, 15) is 0 Å². The van der Waals surface area contributed by atoms with Crippen LogP contribution < -0.4 is 5.73 Å². The second-order valence-corrected chi connectivity index (χ2v) is 34.8. The van der Waals surface area contributed by atoms with Crippen LogP contribution in [0.25, 0.3) is 0 Å². The van der Waals surface area contributed by atoms with Gasteiger partial charge in [0.15, 0.2) is 0 Å². The van der Waals surface area contributed by atoms with Gasteiger partial charge in [-0.1, -0.05) is 0 Å². The van der Waals surface area contributed by atoms with Crippen molar-refractivity contribution in [3.8, 4) is 0 Å². The van der Waals surface area contributed by atoms with Crippen LogP contribution in [0.3, 0.4) is 0 Å². The first-order valence-corrected chi connectivity index (χ1v) is 13.4. The number of hydrogen-bond donors (Lipinski definition) is 1. The van der Waals surface area contributed by atoms with E-state index in [-0.39, 0.29) is 0 Å². The molecule has 0 bridgehead atoms. The zero-order chi connectivity index (χ0) is 10.4. The molecule has 10 fully saturated rings. The molecule has 0 radical (unpaired) electrons. The molecule has 1 nitrogen and oxygen atoms in total. The summed E-state index contributed by atoms with van der Waals surface area (Å²) < 4.78 is 2.79. The molecular formula is C14H19FeN. The zero-order valence-electron chi connectivity index (χ0n) is 10.0. The van der Waals surface area contributed by atoms with Crippen LogP contribution in [0, 0.1) is 0 Å². The van der Waals surface area contributed by atoms with Crippen molar-refractivity contribution >= 4 is 0 Å². The Labute approximate surface area is 85.8 Å². The molecule has 0 aromatic rings. The third-order valence-corrected chi connectivity index (χ3v) is 63.9. The van der Waals surface area contributed by atoms with Gasteiger partial charge >= 0.3 is 85.7 Å². The van der Waals surface area contributed by atoms with Crippen molar-refractivity contribution in [1.82, 2.24) is 0 Å². The van der Waals surface area contributed by atoms with E-state index in [0.717, 1.165) is 12.9 Å². The molecular weight excluding hydrogens is 238 g/mol. The van der Waals surface area contributed by atoms with E-state index in [1.807, 2.05) is 0 Å². The van der Waals surface area contributed by atoms with E-state index in [2.05, 4.69) is 20.8 Å². The zero-order valence-corrected chi connectivity index (χ0v) is 11.2. The maximum absolute atomic E-state index is 6.65. The van der Waals surface area contributed by atoms with Crippen LogP contribution in [-0.2, 0) is 6.51 Å². The molecule has 10 aliphatic heterocycles. The molecule has 0 amide bonds. The van der Waals surface area contributed by atoms with Gasteiger partial charge in [0, 0.05) is 0 Å². The van der Waals surface area contributed by atoms with Crippen LogP contribution in [0.1, 0.15) is 20.8 Å². The SMILES string of the molecule is CC(N)[C]12[CH]3[CH]4[C]5(C)[C]1(C)[Fe]43521678[CH]2[CH]1[CH]6[CH]7[CH]28. The Morgan fingerprint density at radius 3 is 1.56 bits per heavy atom. The Hall–Kier alpha value is 0.479. The van der Waals surface area contributed by atoms with Crippen molar-refractivity contribution < 1.29 is 6.51 Å². The standard InChI is InChI=1S/C9H14N.C5H5.Fe/c1-6-4-5-9(7(6)2)8(3)10;1-2-4-5-3-1;/h4-5,8H,10H2,1-3H3;1-5H;. The molecule has 10 aliphatic rings. The molecule has 10 saturated heterocycles. The summed E-state index contributed by atoms with van der Waals surface area (Å²) in [6, 6.07) is 0.582. The summed E-state index contributed by atoms with van der Waals surface area (Å²) in [5, 5.41) is 0. The van der Waals surface area contributed by atoms with Crippen LogP contribution in [0.2, 0.25) is 46.7 Å². The summed E-state index contributed by atoms with van der Waals surface area (Å²) in [4.78, 5) is 9.74. The fourth-order valence-corrected chi connectivity index (χ4v) is 102. The Bertz CT molecular complexity index is 994. The summed E-state index contributed by atoms with van der Waals surface area (Å²) in [6.07, 6.45) is 0. The molecule has 2 N–H and O–H groups in total. The fraction of sp³-hybridized carbons (Fsp3) is 1.00. The Morgan fingerprint density at radius 1 is 1.00 bits per heavy atom. The van der Waals surface area contributed by atoms with Crippen molar-refractivity contribution in [2.24, 2.45) is 5.73 Å². The number of hydrogen-bond acceptors (Lipinski definition) is 1. The molecule has 10 rings (SSSR count). The van der Waals surface area contributed by atoms with E-state index >= 15 is 0 Å². The second kappa shape index (κ2) is 0.424. The molecule has 0 aromatic heterocycles. The maximum atomic E-state index is 6.65. The van der Waals surface area contributed by atoms with Gasteiger partial charge in [0.25, 0.3) is 0 Å². The predicted octanol–water partition coefficient (Wildman–Crippen LogP) is 3.87. The van der Waals surface area contributed by atoms with Crippen LogP contribution >= 0.6 is 0 Å². The van der Waals surface area contributed by atoms with Crippen molar-refractivity contribution in [3.05, 3.63) is 0 Å². The minimum atomic E-state index is -3.05. The van der Waals surface area contributed by atoms with Gasteiger partial charge in [-0.2, -0.15) is 0 Å². The molecule has 88 valence electrons. The van der Waals surface area contributed by atoms with Gasteiger partial charge in [-0.3, -0.25) is 0 Å². The van der Waals surface area contributed by atoms with Gasteiger partial charge < -0.3 is 0 Å². The minimum absolute atomic E-state index is 0.582. The van der Waals surface area contributed by atoms with Gasteiger partial charge in [-0.25, -0.2) is 0 Å². The molecule has 2 heteroatoms. The first-order valence-electron chi connectivity index (χ1n) is 7.24. The van der Waals surface area contributed by atoms with Crippen molar-refractivity contribution in [3.63, 3.8) is 0 Å². The van der Waals surface area contributed by atoms with Gasteiger partial charge in [-0.15, -0.1) is 0 Å². The van der Waals surface area contributed by atoms with Gasteiger partial charge in [0.1, 0.15) is 0 Å². The first-order chi connectivity index (χ1) is 7.27. The van der Waals surface area contributed by atoms with Crippen LogP contribution in [-0.4, -0.2) is 6.04 Å². The Morgan fingerprint density at radius 2 is 1.50 bits per heavy atom. The Kier molecular flexibility index (Phi) is 0.161. The Balaban J connectivity index is 1.88. The van der Waals surface area contributed by atoms with E-state index < -0.39 is 6.51 Å². The average molecular weight is 257 g/mol. The molecule has 1 spiro atoms. The van der Waals surface area contributed by atoms with Gasteiger partial charge in [-0.05, 0) is 0 Å². The normalized spacial score (nSPS) is 137. The third kappa shape index (κ3) is 0.0430. The van der Waals surface area contributed by atoms with Gasteiger partial charge in [0.05, 0.1) is 0 Å². The number of nitrogens with two attached hydrogens (primary N) is 1. The monoisotopic (exact) mass is 257 g/mol. The molecule has 6 atom stereocenters. The molecule has 10 heterocycles. The molecule has 0 saturated carbocycles. The molecule has 0 aliphatic carbocycles. The molecule has 6 unspecified atom stereocenters. The summed E-state index contributed by atoms with van der Waals surface area (Å²) in [5.74, 6) is 0. The second-order valence-electron chi connectivity index (χ2n) is 11.4. The first kappa shape index (κ1) is 6.08. The van der Waals surface area contributed by atoms with Crippen molar-refractivity contribution in [2.75, 3.05) is 0 Å².